The summed E-state index contributed by atoms with van der Waals surface area (Å²) in [7, 11) is 3.53. The summed E-state index contributed by atoms with van der Waals surface area (Å²) in [5, 5.41) is 16.0. The summed E-state index contributed by atoms with van der Waals surface area (Å²) in [6.07, 6.45) is 2.16. The van der Waals surface area contributed by atoms with Crippen molar-refractivity contribution >= 4 is 91.2 Å². The number of nitro groups is 1. The number of rotatable bonds is 8. The number of anilines is 2. The molecule has 2 aromatic heterocycles. The van der Waals surface area contributed by atoms with Crippen LogP contribution in [0.3, 0.4) is 0 Å². The molecule has 220 valence electrons. The molecule has 1 aliphatic rings. The number of Topliss-reactive ketones (excluding diaryl/α,β-unsaturated/α-hetero) is 1. The van der Waals surface area contributed by atoms with Crippen LogP contribution in [0.1, 0.15) is 18.4 Å². The lowest BCUT2D eigenvalue weighted by Crippen LogP contribution is -2.38. The molecule has 0 fully saturated rings. The molecular formula is C20H25Cl2N7O9S2. The summed E-state index contributed by atoms with van der Waals surface area (Å²) in [4.78, 5) is 70.7. The molecule has 0 spiro atoms. The van der Waals surface area contributed by atoms with Gasteiger partial charge in [-0.25, -0.2) is 19.7 Å². The number of nitrogens with zero attached hydrogens (tertiary/aromatic N) is 5. The third-order valence-corrected chi connectivity index (χ3v) is 5.19. The minimum Gasteiger partial charge on any atom is -0.469 e. The quantitative estimate of drug-likeness (QED) is 0.137. The Morgan fingerprint density at radius 3 is 2.25 bits per heavy atom. The minimum atomic E-state index is -1.22. The van der Waals surface area contributed by atoms with Crippen LogP contribution in [0.5, 0.6) is 0 Å². The van der Waals surface area contributed by atoms with Crippen molar-refractivity contribution in [2.75, 3.05) is 32.0 Å². The van der Waals surface area contributed by atoms with Gasteiger partial charge in [0.05, 0.1) is 45.1 Å². The molecule has 16 nitrogen and oxygen atoms in total. The van der Waals surface area contributed by atoms with Crippen molar-refractivity contribution in [3.05, 3.63) is 38.6 Å². The smallest absolute Gasteiger partial charge is 0.329 e. The number of hydrogen-bond acceptors (Lipinski definition) is 15. The van der Waals surface area contributed by atoms with E-state index in [4.69, 9.17) is 23.2 Å². The van der Waals surface area contributed by atoms with E-state index in [2.05, 4.69) is 44.8 Å². The van der Waals surface area contributed by atoms with Gasteiger partial charge >= 0.3 is 23.6 Å². The van der Waals surface area contributed by atoms with Crippen molar-refractivity contribution in [3.63, 3.8) is 0 Å². The van der Waals surface area contributed by atoms with Crippen LogP contribution in [0.15, 0.2) is 12.4 Å². The molecule has 3 rings (SSSR count). The summed E-state index contributed by atoms with van der Waals surface area (Å²) in [5.74, 6) is -1.86. The highest BCUT2D eigenvalue weighted by Gasteiger charge is 2.29. The van der Waals surface area contributed by atoms with Crippen LogP contribution in [-0.2, 0) is 39.8 Å². The fourth-order valence-corrected chi connectivity index (χ4v) is 3.22. The van der Waals surface area contributed by atoms with Gasteiger partial charge in [-0.3, -0.25) is 24.5 Å². The number of methoxy groups -OCH3 is 3. The van der Waals surface area contributed by atoms with E-state index < -0.39 is 47.0 Å². The van der Waals surface area contributed by atoms with Crippen molar-refractivity contribution in [1.29, 1.82) is 0 Å². The molecule has 40 heavy (non-hydrogen) atoms. The van der Waals surface area contributed by atoms with E-state index >= 15 is 0 Å². The van der Waals surface area contributed by atoms with Gasteiger partial charge in [0.25, 0.3) is 0 Å². The fraction of sp³-hybridized carbons (Fsp3) is 0.400. The van der Waals surface area contributed by atoms with Crippen LogP contribution in [0.4, 0.5) is 17.3 Å². The highest BCUT2D eigenvalue weighted by atomic mass is 35.5. The largest absolute Gasteiger partial charge is 0.469 e. The summed E-state index contributed by atoms with van der Waals surface area (Å²) in [6, 6.07) is -1.83. The molecule has 3 heterocycles. The lowest BCUT2D eigenvalue weighted by Gasteiger charge is -2.23. The predicted octanol–water partition coefficient (Wildman–Crippen LogP) is 1.38. The SMILES string of the molecule is COC(=O)CC(Nc1nc(Cl)ncc1[N+](=O)[O-])C(=O)OC.COC(=O)C[C@@H]1Nc2nc(Cl)ncc2CC1=O.S.S. The van der Waals surface area contributed by atoms with Crippen LogP contribution in [0.2, 0.25) is 10.6 Å². The van der Waals surface area contributed by atoms with Crippen molar-refractivity contribution in [1.82, 2.24) is 19.9 Å². The third-order valence-electron chi connectivity index (χ3n) is 4.83. The van der Waals surface area contributed by atoms with Crippen LogP contribution < -0.4 is 10.6 Å². The van der Waals surface area contributed by atoms with E-state index in [1.165, 1.54) is 13.3 Å². The molecule has 1 aliphatic heterocycles. The molecule has 0 saturated heterocycles. The normalized spacial score (nSPS) is 13.7. The Balaban J connectivity index is 0.000000736. The number of hydrogen-bond donors (Lipinski definition) is 2. The number of nitrogens with one attached hydrogen (secondary N) is 2. The number of carbonyl (C=O) groups is 4. The Morgan fingerprint density at radius 1 is 1.07 bits per heavy atom. The van der Waals surface area contributed by atoms with E-state index in [9.17, 15) is 29.3 Å². The standard InChI is InChI=1S/C10H11ClN4O6.C10H10ClN3O3.2H2S/c1-20-7(16)3-5(9(17)21-2)13-8-6(15(18)19)4-12-10(11)14-8;1-17-8(16)3-6-7(15)2-5-4-12-10(11)14-9(5)13-6;;/h4-5H,3H2,1-2H3,(H,12,13,14);4,6H,2-3H2,1H3,(H,12,13,14);2*1H2/t;6-;;/m.0../s1. The zero-order chi connectivity index (χ0) is 28.4. The van der Waals surface area contributed by atoms with Crippen molar-refractivity contribution in [2.24, 2.45) is 0 Å². The first kappa shape index (κ1) is 36.5. The highest BCUT2D eigenvalue weighted by Crippen LogP contribution is 2.24. The molecule has 2 aromatic rings. The minimum absolute atomic E-state index is 0. The second-order valence-electron chi connectivity index (χ2n) is 7.26. The van der Waals surface area contributed by atoms with Crippen molar-refractivity contribution < 1.29 is 38.3 Å². The Bertz CT molecular complexity index is 1240. The van der Waals surface area contributed by atoms with Gasteiger partial charge in [0.1, 0.15) is 18.1 Å². The maximum Gasteiger partial charge on any atom is 0.329 e. The molecule has 1 unspecified atom stereocenters. The van der Waals surface area contributed by atoms with E-state index in [0.717, 1.165) is 20.4 Å². The molecule has 2 N–H and O–H groups in total. The van der Waals surface area contributed by atoms with E-state index in [1.54, 1.807) is 0 Å². The number of ketones is 1. The average Bonchev–Trinajstić information content (AvgIpc) is 2.88. The Kier molecular flexibility index (Phi) is 15.8. The lowest BCUT2D eigenvalue weighted by atomic mass is 9.98. The van der Waals surface area contributed by atoms with Gasteiger partial charge in [-0.05, 0) is 23.2 Å². The van der Waals surface area contributed by atoms with Crippen LogP contribution in [0.25, 0.3) is 0 Å². The van der Waals surface area contributed by atoms with Crippen LogP contribution in [-0.4, -0.2) is 82.0 Å². The number of fused-ring (bicyclic) bond motifs is 1. The first-order valence-electron chi connectivity index (χ1n) is 10.4. The second-order valence-corrected chi connectivity index (χ2v) is 7.94. The highest BCUT2D eigenvalue weighted by molar-refractivity contribution is 7.59. The average molecular weight is 643 g/mol. The van der Waals surface area contributed by atoms with Gasteiger partial charge in [0, 0.05) is 18.2 Å². The first-order chi connectivity index (χ1) is 18.0. The van der Waals surface area contributed by atoms with E-state index in [-0.39, 0.29) is 62.0 Å². The number of esters is 3. The number of ether oxygens (including phenoxy) is 3. The Morgan fingerprint density at radius 2 is 1.68 bits per heavy atom. The predicted molar refractivity (Wildman–Crippen MR) is 150 cm³/mol. The summed E-state index contributed by atoms with van der Waals surface area (Å²) in [5.41, 5.74) is 0.179. The number of halogens is 2. The molecule has 2 atom stereocenters. The molecule has 0 radical (unpaired) electrons. The molecule has 20 heteroatoms. The molecule has 0 saturated carbocycles. The van der Waals surface area contributed by atoms with Gasteiger partial charge < -0.3 is 24.8 Å². The van der Waals surface area contributed by atoms with Gasteiger partial charge in [-0.2, -0.15) is 32.0 Å². The molecule has 0 aromatic carbocycles. The summed E-state index contributed by atoms with van der Waals surface area (Å²) < 4.78 is 13.5. The maximum absolute atomic E-state index is 11.7. The maximum atomic E-state index is 11.7. The lowest BCUT2D eigenvalue weighted by molar-refractivity contribution is -0.384. The fourth-order valence-electron chi connectivity index (χ4n) is 2.96. The topological polar surface area (TPSA) is 215 Å². The van der Waals surface area contributed by atoms with Crippen LogP contribution in [0, 0.1) is 10.1 Å². The molecule has 0 aliphatic carbocycles. The van der Waals surface area contributed by atoms with Crippen molar-refractivity contribution in [3.8, 4) is 0 Å². The Labute approximate surface area is 250 Å². The second kappa shape index (κ2) is 17.3. The van der Waals surface area contributed by atoms with Crippen LogP contribution >= 0.6 is 50.2 Å². The van der Waals surface area contributed by atoms with Gasteiger partial charge in [0.15, 0.2) is 5.78 Å². The Hall–Kier alpha value is -3.48. The first-order valence-corrected chi connectivity index (χ1v) is 11.2. The number of aromatic nitrogens is 4. The molecular weight excluding hydrogens is 617 g/mol. The summed E-state index contributed by atoms with van der Waals surface area (Å²) >= 11 is 11.2. The molecule has 0 bridgehead atoms. The van der Waals surface area contributed by atoms with E-state index in [0.29, 0.717) is 11.4 Å². The zero-order valence-electron chi connectivity index (χ0n) is 21.1. The summed E-state index contributed by atoms with van der Waals surface area (Å²) in [6.45, 7) is 0. The van der Waals surface area contributed by atoms with E-state index in [1.807, 2.05) is 0 Å². The third kappa shape index (κ3) is 10.6. The van der Waals surface area contributed by atoms with Gasteiger partial charge in [-0.1, -0.05) is 0 Å². The number of carbonyl (C=O) groups excluding carboxylic acids is 4. The van der Waals surface area contributed by atoms with Crippen molar-refractivity contribution in [2.45, 2.75) is 31.3 Å². The zero-order valence-corrected chi connectivity index (χ0v) is 24.6. The van der Waals surface area contributed by atoms with Gasteiger partial charge in [0.2, 0.25) is 16.4 Å². The monoisotopic (exact) mass is 641 g/mol. The molecule has 0 amide bonds. The van der Waals surface area contributed by atoms with Gasteiger partial charge in [-0.15, -0.1) is 0 Å².